The van der Waals surface area contributed by atoms with Crippen molar-refractivity contribution in [1.29, 1.82) is 0 Å². The SMILES string of the molecule is CNc1ccc2nc(-c3ccc(O)cc3)sc2c1. The Morgan fingerprint density at radius 1 is 1.11 bits per heavy atom. The first-order chi connectivity index (χ1) is 8.76. The lowest BCUT2D eigenvalue weighted by atomic mass is 10.2. The fourth-order valence-electron chi connectivity index (χ4n) is 1.81. The van der Waals surface area contributed by atoms with E-state index in [-0.39, 0.29) is 5.75 Å². The van der Waals surface area contributed by atoms with E-state index in [2.05, 4.69) is 16.4 Å². The minimum Gasteiger partial charge on any atom is -0.508 e. The number of nitrogens with zero attached hydrogens (tertiary/aromatic N) is 1. The summed E-state index contributed by atoms with van der Waals surface area (Å²) >= 11 is 1.65. The second kappa shape index (κ2) is 4.31. The van der Waals surface area contributed by atoms with E-state index in [0.717, 1.165) is 26.5 Å². The Labute approximate surface area is 109 Å². The number of phenols is 1. The lowest BCUT2D eigenvalue weighted by Gasteiger charge is -1.96. The zero-order valence-electron chi connectivity index (χ0n) is 9.84. The molecule has 0 aliphatic rings. The van der Waals surface area contributed by atoms with Crippen LogP contribution in [0.2, 0.25) is 0 Å². The predicted octanol–water partition coefficient (Wildman–Crippen LogP) is 3.71. The molecule has 0 spiro atoms. The van der Waals surface area contributed by atoms with Crippen molar-refractivity contribution in [2.24, 2.45) is 0 Å². The predicted molar refractivity (Wildman–Crippen MR) is 76.3 cm³/mol. The van der Waals surface area contributed by atoms with Crippen LogP contribution in [0.1, 0.15) is 0 Å². The molecule has 1 aromatic heterocycles. The van der Waals surface area contributed by atoms with E-state index in [0.29, 0.717) is 0 Å². The first-order valence-electron chi connectivity index (χ1n) is 5.64. The summed E-state index contributed by atoms with van der Waals surface area (Å²) in [6, 6.07) is 13.3. The van der Waals surface area contributed by atoms with Gasteiger partial charge < -0.3 is 10.4 Å². The molecule has 0 unspecified atom stereocenters. The molecule has 1 heterocycles. The van der Waals surface area contributed by atoms with Gasteiger partial charge in [0.1, 0.15) is 10.8 Å². The quantitative estimate of drug-likeness (QED) is 0.734. The summed E-state index contributed by atoms with van der Waals surface area (Å²) in [4.78, 5) is 4.60. The number of hydrogen-bond acceptors (Lipinski definition) is 4. The zero-order valence-corrected chi connectivity index (χ0v) is 10.7. The zero-order chi connectivity index (χ0) is 12.5. The van der Waals surface area contributed by atoms with Crippen molar-refractivity contribution in [2.75, 3.05) is 12.4 Å². The highest BCUT2D eigenvalue weighted by Crippen LogP contribution is 2.32. The van der Waals surface area contributed by atoms with Gasteiger partial charge in [0, 0.05) is 18.3 Å². The van der Waals surface area contributed by atoms with Crippen molar-refractivity contribution in [1.82, 2.24) is 4.98 Å². The molecule has 2 aromatic carbocycles. The van der Waals surface area contributed by atoms with E-state index in [1.807, 2.05) is 31.3 Å². The van der Waals surface area contributed by atoms with Crippen LogP contribution >= 0.6 is 11.3 Å². The maximum absolute atomic E-state index is 9.29. The number of benzene rings is 2. The van der Waals surface area contributed by atoms with E-state index < -0.39 is 0 Å². The third-order valence-corrected chi connectivity index (χ3v) is 3.86. The number of phenolic OH excluding ortho intramolecular Hbond substituents is 1. The first kappa shape index (κ1) is 11.0. The molecule has 90 valence electrons. The number of nitrogens with one attached hydrogen (secondary N) is 1. The molecule has 0 aliphatic heterocycles. The highest BCUT2D eigenvalue weighted by molar-refractivity contribution is 7.21. The van der Waals surface area contributed by atoms with Crippen LogP contribution < -0.4 is 5.32 Å². The molecular formula is C14H12N2OS. The van der Waals surface area contributed by atoms with Gasteiger partial charge in [-0.25, -0.2) is 4.98 Å². The fraction of sp³-hybridized carbons (Fsp3) is 0.0714. The van der Waals surface area contributed by atoms with Gasteiger partial charge in [0.15, 0.2) is 0 Å². The highest BCUT2D eigenvalue weighted by Gasteiger charge is 2.06. The molecule has 0 bridgehead atoms. The molecule has 0 amide bonds. The molecule has 0 radical (unpaired) electrons. The smallest absolute Gasteiger partial charge is 0.124 e. The Morgan fingerprint density at radius 3 is 2.61 bits per heavy atom. The number of rotatable bonds is 2. The van der Waals surface area contributed by atoms with Crippen molar-refractivity contribution in [3.63, 3.8) is 0 Å². The topological polar surface area (TPSA) is 45.2 Å². The normalized spacial score (nSPS) is 10.7. The van der Waals surface area contributed by atoms with E-state index in [1.54, 1.807) is 23.5 Å². The minimum atomic E-state index is 0.275. The molecule has 3 nitrogen and oxygen atoms in total. The highest BCUT2D eigenvalue weighted by atomic mass is 32.1. The summed E-state index contributed by atoms with van der Waals surface area (Å²) in [5.74, 6) is 0.275. The van der Waals surface area contributed by atoms with Crippen molar-refractivity contribution in [3.05, 3.63) is 42.5 Å². The average molecular weight is 256 g/mol. The molecule has 3 aromatic rings. The molecule has 3 rings (SSSR count). The van der Waals surface area contributed by atoms with Crippen LogP contribution in [-0.4, -0.2) is 17.1 Å². The standard InChI is InChI=1S/C14H12N2OS/c1-15-10-4-7-12-13(8-10)18-14(16-12)9-2-5-11(17)6-3-9/h2-8,15,17H,1H3. The van der Waals surface area contributed by atoms with Gasteiger partial charge in [-0.05, 0) is 42.5 Å². The Bertz CT molecular complexity index is 689. The third kappa shape index (κ3) is 1.91. The average Bonchev–Trinajstić information content (AvgIpc) is 2.82. The monoisotopic (exact) mass is 256 g/mol. The van der Waals surface area contributed by atoms with E-state index in [1.165, 1.54) is 0 Å². The van der Waals surface area contributed by atoms with Gasteiger partial charge in [-0.1, -0.05) is 0 Å². The van der Waals surface area contributed by atoms with Crippen LogP contribution in [0.4, 0.5) is 5.69 Å². The summed E-state index contributed by atoms with van der Waals surface area (Å²) in [7, 11) is 1.91. The van der Waals surface area contributed by atoms with E-state index >= 15 is 0 Å². The number of hydrogen-bond donors (Lipinski definition) is 2. The van der Waals surface area contributed by atoms with Crippen LogP contribution in [0, 0.1) is 0 Å². The molecular weight excluding hydrogens is 244 g/mol. The summed E-state index contributed by atoms with van der Waals surface area (Å²) < 4.78 is 1.16. The maximum atomic E-state index is 9.29. The molecule has 0 aliphatic carbocycles. The molecule has 4 heteroatoms. The lowest BCUT2D eigenvalue weighted by Crippen LogP contribution is -1.85. The molecule has 0 fully saturated rings. The summed E-state index contributed by atoms with van der Waals surface area (Å²) in [6.07, 6.45) is 0. The second-order valence-electron chi connectivity index (χ2n) is 4.00. The summed E-state index contributed by atoms with van der Waals surface area (Å²) in [5, 5.41) is 13.4. The largest absolute Gasteiger partial charge is 0.508 e. The lowest BCUT2D eigenvalue weighted by molar-refractivity contribution is 0.475. The van der Waals surface area contributed by atoms with Gasteiger partial charge in [0.05, 0.1) is 10.2 Å². The Balaban J connectivity index is 2.10. The molecule has 18 heavy (non-hydrogen) atoms. The molecule has 0 saturated carbocycles. The Kier molecular flexibility index (Phi) is 2.64. The van der Waals surface area contributed by atoms with Gasteiger partial charge in [0.2, 0.25) is 0 Å². The molecule has 2 N–H and O–H groups in total. The van der Waals surface area contributed by atoms with Crippen LogP contribution in [0.5, 0.6) is 5.75 Å². The van der Waals surface area contributed by atoms with E-state index in [4.69, 9.17) is 0 Å². The van der Waals surface area contributed by atoms with Crippen LogP contribution in [0.15, 0.2) is 42.5 Å². The minimum absolute atomic E-state index is 0.275. The van der Waals surface area contributed by atoms with Crippen molar-refractivity contribution < 1.29 is 5.11 Å². The summed E-state index contributed by atoms with van der Waals surface area (Å²) in [6.45, 7) is 0. The van der Waals surface area contributed by atoms with Crippen LogP contribution in [0.3, 0.4) is 0 Å². The number of aromatic nitrogens is 1. The van der Waals surface area contributed by atoms with Crippen molar-refractivity contribution >= 4 is 27.2 Å². The Hall–Kier alpha value is -2.07. The van der Waals surface area contributed by atoms with Crippen molar-refractivity contribution in [2.45, 2.75) is 0 Å². The summed E-state index contributed by atoms with van der Waals surface area (Å²) in [5.41, 5.74) is 3.12. The van der Waals surface area contributed by atoms with Crippen LogP contribution in [-0.2, 0) is 0 Å². The fourth-order valence-corrected chi connectivity index (χ4v) is 2.82. The number of thiazole rings is 1. The molecule has 0 saturated heterocycles. The second-order valence-corrected chi connectivity index (χ2v) is 5.03. The van der Waals surface area contributed by atoms with Crippen LogP contribution in [0.25, 0.3) is 20.8 Å². The molecule has 0 atom stereocenters. The number of anilines is 1. The van der Waals surface area contributed by atoms with Crippen molar-refractivity contribution in [3.8, 4) is 16.3 Å². The van der Waals surface area contributed by atoms with Gasteiger partial charge >= 0.3 is 0 Å². The maximum Gasteiger partial charge on any atom is 0.124 e. The third-order valence-electron chi connectivity index (χ3n) is 2.79. The van der Waals surface area contributed by atoms with Gasteiger partial charge in [-0.15, -0.1) is 11.3 Å². The number of aromatic hydroxyl groups is 1. The first-order valence-corrected chi connectivity index (χ1v) is 6.45. The number of fused-ring (bicyclic) bond motifs is 1. The van der Waals surface area contributed by atoms with Gasteiger partial charge in [0.25, 0.3) is 0 Å². The van der Waals surface area contributed by atoms with Gasteiger partial charge in [-0.2, -0.15) is 0 Å². The van der Waals surface area contributed by atoms with E-state index in [9.17, 15) is 5.11 Å². The Morgan fingerprint density at radius 2 is 1.89 bits per heavy atom. The van der Waals surface area contributed by atoms with Gasteiger partial charge in [-0.3, -0.25) is 0 Å².